The fourth-order valence-corrected chi connectivity index (χ4v) is 3.15. The molecule has 3 aromatic rings. The highest BCUT2D eigenvalue weighted by molar-refractivity contribution is 5.86. The zero-order valence-corrected chi connectivity index (χ0v) is 12.8. The van der Waals surface area contributed by atoms with Crippen molar-refractivity contribution in [3.8, 4) is 0 Å². The van der Waals surface area contributed by atoms with E-state index in [4.69, 9.17) is 0 Å². The zero-order chi connectivity index (χ0) is 14.7. The van der Waals surface area contributed by atoms with Crippen molar-refractivity contribution in [3.05, 3.63) is 83.9 Å². The van der Waals surface area contributed by atoms with Crippen molar-refractivity contribution in [2.75, 3.05) is 0 Å². The van der Waals surface area contributed by atoms with Crippen LogP contribution < -0.4 is 0 Å². The fraction of sp³-hybridized carbons (Fsp3) is 0.238. The van der Waals surface area contributed by atoms with Gasteiger partial charge in [0.05, 0.1) is 0 Å². The molecule has 0 aliphatic heterocycles. The van der Waals surface area contributed by atoms with E-state index in [-0.39, 0.29) is 0 Å². The average molecular weight is 274 g/mol. The maximum atomic E-state index is 2.31. The summed E-state index contributed by atoms with van der Waals surface area (Å²) in [5, 5.41) is 2.72. The quantitative estimate of drug-likeness (QED) is 0.546. The van der Waals surface area contributed by atoms with E-state index in [1.807, 2.05) is 0 Å². The molecule has 0 radical (unpaired) electrons. The molecule has 21 heavy (non-hydrogen) atoms. The zero-order valence-electron chi connectivity index (χ0n) is 12.8. The summed E-state index contributed by atoms with van der Waals surface area (Å²) in [6, 6.07) is 26.3. The van der Waals surface area contributed by atoms with E-state index in [2.05, 4.69) is 86.6 Å². The van der Waals surface area contributed by atoms with Crippen LogP contribution in [-0.4, -0.2) is 0 Å². The summed E-state index contributed by atoms with van der Waals surface area (Å²) >= 11 is 0. The molecule has 0 bridgehead atoms. The molecule has 0 aromatic heterocycles. The predicted octanol–water partition coefficient (Wildman–Crippen LogP) is 6.02. The van der Waals surface area contributed by atoms with Gasteiger partial charge in [-0.1, -0.05) is 86.6 Å². The van der Waals surface area contributed by atoms with E-state index in [9.17, 15) is 0 Å². The highest BCUT2D eigenvalue weighted by Gasteiger charge is 2.17. The van der Waals surface area contributed by atoms with Crippen LogP contribution >= 0.6 is 0 Å². The van der Waals surface area contributed by atoms with Crippen LogP contribution in [0.25, 0.3) is 10.8 Å². The van der Waals surface area contributed by atoms with Crippen molar-refractivity contribution in [2.45, 2.75) is 26.2 Å². The largest absolute Gasteiger partial charge is 0.0627 e. The van der Waals surface area contributed by atoms with Crippen LogP contribution in [0, 0.1) is 5.92 Å². The molecule has 1 unspecified atom stereocenters. The Balaban J connectivity index is 2.15. The molecule has 0 heterocycles. The minimum atomic E-state index is 0.470. The third kappa shape index (κ3) is 3.00. The molecule has 3 aromatic carbocycles. The Bertz CT molecular complexity index is 705. The highest BCUT2D eigenvalue weighted by Crippen LogP contribution is 2.35. The lowest BCUT2D eigenvalue weighted by Crippen LogP contribution is -2.05. The van der Waals surface area contributed by atoms with Gasteiger partial charge in [-0.3, -0.25) is 0 Å². The summed E-state index contributed by atoms with van der Waals surface area (Å²) in [5.74, 6) is 1.14. The van der Waals surface area contributed by atoms with Crippen LogP contribution in [0.1, 0.15) is 37.3 Å². The summed E-state index contributed by atoms with van der Waals surface area (Å²) in [5.41, 5.74) is 2.87. The number of hydrogen-bond donors (Lipinski definition) is 0. The highest BCUT2D eigenvalue weighted by atomic mass is 14.2. The molecule has 0 nitrogen and oxygen atoms in total. The van der Waals surface area contributed by atoms with E-state index < -0.39 is 0 Å². The molecule has 0 amide bonds. The average Bonchev–Trinajstić information content (AvgIpc) is 2.53. The second-order valence-corrected chi connectivity index (χ2v) is 6.16. The lowest BCUT2D eigenvalue weighted by atomic mass is 9.82. The standard InChI is InChI=1S/C21H22/c1-16(2)15-21(18-9-4-3-5-10-18)20-14-8-12-17-11-6-7-13-19(17)20/h3-14,16,21H,15H2,1-2H3. The smallest absolute Gasteiger partial charge is 0.00979 e. The van der Waals surface area contributed by atoms with Gasteiger partial charge in [-0.05, 0) is 34.2 Å². The van der Waals surface area contributed by atoms with Gasteiger partial charge in [0.15, 0.2) is 0 Å². The van der Waals surface area contributed by atoms with E-state index in [0.29, 0.717) is 11.8 Å². The van der Waals surface area contributed by atoms with Crippen LogP contribution in [0.15, 0.2) is 72.8 Å². The summed E-state index contributed by atoms with van der Waals surface area (Å²) in [6.07, 6.45) is 1.18. The topological polar surface area (TPSA) is 0 Å². The summed E-state index contributed by atoms with van der Waals surface area (Å²) in [6.45, 7) is 4.61. The van der Waals surface area contributed by atoms with Gasteiger partial charge in [0, 0.05) is 5.92 Å². The van der Waals surface area contributed by atoms with Gasteiger partial charge in [-0.25, -0.2) is 0 Å². The van der Waals surface area contributed by atoms with Gasteiger partial charge >= 0.3 is 0 Å². The normalized spacial score (nSPS) is 12.7. The molecule has 106 valence electrons. The van der Waals surface area contributed by atoms with E-state index >= 15 is 0 Å². The van der Waals surface area contributed by atoms with Crippen molar-refractivity contribution in [1.29, 1.82) is 0 Å². The van der Waals surface area contributed by atoms with Crippen LogP contribution in [0.5, 0.6) is 0 Å². The Hall–Kier alpha value is -2.08. The Labute approximate surface area is 127 Å². The number of benzene rings is 3. The SMILES string of the molecule is CC(C)CC(c1ccccc1)c1cccc2ccccc12. The molecule has 0 spiro atoms. The van der Waals surface area contributed by atoms with Crippen molar-refractivity contribution in [3.63, 3.8) is 0 Å². The summed E-state index contributed by atoms with van der Waals surface area (Å²) < 4.78 is 0. The first-order valence-electron chi connectivity index (χ1n) is 7.78. The first kappa shape index (κ1) is 13.9. The monoisotopic (exact) mass is 274 g/mol. The van der Waals surface area contributed by atoms with Crippen LogP contribution in [0.2, 0.25) is 0 Å². The molecule has 1 atom stereocenters. The molecule has 0 aliphatic carbocycles. The van der Waals surface area contributed by atoms with Gasteiger partial charge < -0.3 is 0 Å². The summed E-state index contributed by atoms with van der Waals surface area (Å²) in [4.78, 5) is 0. The van der Waals surface area contributed by atoms with Gasteiger partial charge in [-0.15, -0.1) is 0 Å². The van der Waals surface area contributed by atoms with Gasteiger partial charge in [-0.2, -0.15) is 0 Å². The summed E-state index contributed by atoms with van der Waals surface area (Å²) in [7, 11) is 0. The van der Waals surface area contributed by atoms with Crippen molar-refractivity contribution in [1.82, 2.24) is 0 Å². The van der Waals surface area contributed by atoms with Crippen LogP contribution in [0.3, 0.4) is 0 Å². The van der Waals surface area contributed by atoms with Crippen molar-refractivity contribution in [2.24, 2.45) is 5.92 Å². The molecule has 0 saturated carbocycles. The maximum Gasteiger partial charge on any atom is 0.00979 e. The van der Waals surface area contributed by atoms with E-state index in [1.54, 1.807) is 0 Å². The predicted molar refractivity (Wildman–Crippen MR) is 91.7 cm³/mol. The van der Waals surface area contributed by atoms with E-state index in [1.165, 1.54) is 28.3 Å². The molecule has 0 aliphatic rings. The third-order valence-electron chi connectivity index (χ3n) is 4.11. The molecule has 0 N–H and O–H groups in total. The first-order valence-corrected chi connectivity index (χ1v) is 7.78. The molecule has 0 saturated heterocycles. The Morgan fingerprint density at radius 1 is 0.714 bits per heavy atom. The lowest BCUT2D eigenvalue weighted by molar-refractivity contribution is 0.543. The van der Waals surface area contributed by atoms with Crippen LogP contribution in [0.4, 0.5) is 0 Å². The first-order chi connectivity index (χ1) is 10.3. The Kier molecular flexibility index (Phi) is 4.06. The van der Waals surface area contributed by atoms with Gasteiger partial charge in [0.1, 0.15) is 0 Å². The fourth-order valence-electron chi connectivity index (χ4n) is 3.15. The van der Waals surface area contributed by atoms with Gasteiger partial charge in [0.25, 0.3) is 0 Å². The number of fused-ring (bicyclic) bond motifs is 1. The number of hydrogen-bond acceptors (Lipinski definition) is 0. The molecular weight excluding hydrogens is 252 g/mol. The maximum absolute atomic E-state index is 2.31. The number of rotatable bonds is 4. The Morgan fingerprint density at radius 2 is 1.38 bits per heavy atom. The molecular formula is C21H22. The lowest BCUT2D eigenvalue weighted by Gasteiger charge is -2.22. The minimum Gasteiger partial charge on any atom is -0.0627 e. The van der Waals surface area contributed by atoms with Crippen molar-refractivity contribution < 1.29 is 0 Å². The second kappa shape index (κ2) is 6.13. The Morgan fingerprint density at radius 3 is 2.14 bits per heavy atom. The minimum absolute atomic E-state index is 0.470. The van der Waals surface area contributed by atoms with Crippen molar-refractivity contribution >= 4 is 10.8 Å². The second-order valence-electron chi connectivity index (χ2n) is 6.16. The van der Waals surface area contributed by atoms with Gasteiger partial charge in [0.2, 0.25) is 0 Å². The molecule has 3 rings (SSSR count). The molecule has 0 fully saturated rings. The molecule has 0 heteroatoms. The van der Waals surface area contributed by atoms with E-state index in [0.717, 1.165) is 0 Å². The third-order valence-corrected chi connectivity index (χ3v) is 4.11. The van der Waals surface area contributed by atoms with Crippen LogP contribution in [-0.2, 0) is 0 Å².